The Labute approximate surface area is 67.6 Å². The van der Waals surface area contributed by atoms with Crippen LogP contribution in [0.5, 0.6) is 0 Å². The smallest absolute Gasteiger partial charge is 0.286 e. The zero-order chi connectivity index (χ0) is 7.90. The van der Waals surface area contributed by atoms with Crippen LogP contribution in [0.3, 0.4) is 0 Å². The fourth-order valence-electron chi connectivity index (χ4n) is 0.817. The van der Waals surface area contributed by atoms with Crippen LogP contribution in [0.4, 0.5) is 5.00 Å². The van der Waals surface area contributed by atoms with Crippen LogP contribution in [-0.2, 0) is 10.0 Å². The van der Waals surface area contributed by atoms with E-state index in [1.807, 2.05) is 0 Å². The third kappa shape index (κ3) is 0.945. The summed E-state index contributed by atoms with van der Waals surface area (Å²) in [4.78, 5) is 0.269. The summed E-state index contributed by atoms with van der Waals surface area (Å²) < 4.78 is 25.5. The SMILES string of the molecule is O=S1(=O)N=CNc2sccc21. The van der Waals surface area contributed by atoms with E-state index in [1.54, 1.807) is 11.4 Å². The molecule has 0 amide bonds. The number of hydrogen-bond donors (Lipinski definition) is 1. The van der Waals surface area contributed by atoms with E-state index in [4.69, 9.17) is 0 Å². The highest BCUT2D eigenvalue weighted by Gasteiger charge is 2.20. The minimum absolute atomic E-state index is 0.269. The second-order valence-electron chi connectivity index (χ2n) is 1.97. The maximum absolute atomic E-state index is 11.1. The number of sulfonamides is 1. The van der Waals surface area contributed by atoms with E-state index in [0.29, 0.717) is 5.00 Å². The summed E-state index contributed by atoms with van der Waals surface area (Å²) in [6.07, 6.45) is 1.19. The molecule has 1 aliphatic heterocycles. The van der Waals surface area contributed by atoms with E-state index in [2.05, 4.69) is 9.71 Å². The molecule has 0 radical (unpaired) electrons. The third-order valence-corrected chi connectivity index (χ3v) is 3.55. The molecule has 6 heteroatoms. The van der Waals surface area contributed by atoms with Crippen LogP contribution in [0.25, 0.3) is 0 Å². The van der Waals surface area contributed by atoms with Gasteiger partial charge >= 0.3 is 0 Å². The molecule has 0 atom stereocenters. The number of thiophene rings is 1. The summed E-state index contributed by atoms with van der Waals surface area (Å²) >= 11 is 1.35. The summed E-state index contributed by atoms with van der Waals surface area (Å²) in [5.41, 5.74) is 0. The number of fused-ring (bicyclic) bond motifs is 1. The number of nitrogens with zero attached hydrogens (tertiary/aromatic N) is 1. The fourth-order valence-corrected chi connectivity index (χ4v) is 2.85. The molecule has 1 aromatic heterocycles. The van der Waals surface area contributed by atoms with Gasteiger partial charge in [0.25, 0.3) is 10.0 Å². The van der Waals surface area contributed by atoms with E-state index < -0.39 is 10.0 Å². The Hall–Kier alpha value is -0.880. The van der Waals surface area contributed by atoms with Gasteiger partial charge in [-0.15, -0.1) is 15.7 Å². The first-order valence-corrected chi connectivity index (χ1v) is 5.15. The molecule has 1 aromatic rings. The van der Waals surface area contributed by atoms with Crippen molar-refractivity contribution < 1.29 is 8.42 Å². The average Bonchev–Trinajstić information content (AvgIpc) is 2.34. The van der Waals surface area contributed by atoms with Gasteiger partial charge in [-0.05, 0) is 11.4 Å². The van der Waals surface area contributed by atoms with Crippen molar-refractivity contribution in [2.75, 3.05) is 5.32 Å². The highest BCUT2D eigenvalue weighted by Crippen LogP contribution is 2.30. The largest absolute Gasteiger partial charge is 0.336 e. The number of nitrogens with one attached hydrogen (secondary N) is 1. The Balaban J connectivity index is 2.75. The Morgan fingerprint density at radius 1 is 1.55 bits per heavy atom. The molecule has 0 fully saturated rings. The van der Waals surface area contributed by atoms with Crippen LogP contribution in [0, 0.1) is 0 Å². The van der Waals surface area contributed by atoms with Gasteiger partial charge in [-0.3, -0.25) is 0 Å². The minimum atomic E-state index is -3.38. The first kappa shape index (κ1) is 6.81. The summed E-state index contributed by atoms with van der Waals surface area (Å²) in [6, 6.07) is 1.54. The van der Waals surface area contributed by atoms with Gasteiger partial charge < -0.3 is 5.32 Å². The van der Waals surface area contributed by atoms with Crippen LogP contribution in [0.1, 0.15) is 0 Å². The van der Waals surface area contributed by atoms with E-state index in [-0.39, 0.29) is 4.90 Å². The van der Waals surface area contributed by atoms with Crippen molar-refractivity contribution in [3.8, 4) is 0 Å². The molecule has 4 nitrogen and oxygen atoms in total. The van der Waals surface area contributed by atoms with Gasteiger partial charge in [-0.2, -0.15) is 8.42 Å². The maximum Gasteiger partial charge on any atom is 0.286 e. The van der Waals surface area contributed by atoms with Gasteiger partial charge in [0.2, 0.25) is 0 Å². The zero-order valence-corrected chi connectivity index (χ0v) is 6.95. The Morgan fingerprint density at radius 3 is 3.09 bits per heavy atom. The van der Waals surface area contributed by atoms with E-state index in [1.165, 1.54) is 17.7 Å². The second kappa shape index (κ2) is 2.05. The predicted molar refractivity (Wildman–Crippen MR) is 43.6 cm³/mol. The van der Waals surface area contributed by atoms with Crippen molar-refractivity contribution in [1.29, 1.82) is 0 Å². The van der Waals surface area contributed by atoms with Crippen molar-refractivity contribution in [2.45, 2.75) is 4.90 Å². The Morgan fingerprint density at radius 2 is 2.36 bits per heavy atom. The van der Waals surface area contributed by atoms with Gasteiger partial charge in [0.15, 0.2) is 0 Å². The monoisotopic (exact) mass is 188 g/mol. The van der Waals surface area contributed by atoms with Gasteiger partial charge in [-0.25, -0.2) is 0 Å². The lowest BCUT2D eigenvalue weighted by molar-refractivity contribution is 0.598. The quantitative estimate of drug-likeness (QED) is 0.657. The molecule has 1 aliphatic rings. The molecule has 0 aromatic carbocycles. The van der Waals surface area contributed by atoms with Gasteiger partial charge in [0.1, 0.15) is 16.2 Å². The van der Waals surface area contributed by atoms with Crippen molar-refractivity contribution >= 4 is 32.7 Å². The molecular weight excluding hydrogens is 184 g/mol. The molecule has 1 N–H and O–H groups in total. The van der Waals surface area contributed by atoms with Crippen LogP contribution in [-0.4, -0.2) is 14.8 Å². The Kier molecular flexibility index (Phi) is 1.27. The molecule has 2 rings (SSSR count). The lowest BCUT2D eigenvalue weighted by Gasteiger charge is -2.05. The van der Waals surface area contributed by atoms with Crippen molar-refractivity contribution in [1.82, 2.24) is 0 Å². The first-order valence-electron chi connectivity index (χ1n) is 2.83. The molecule has 2 heterocycles. The summed E-state index contributed by atoms with van der Waals surface area (Å²) in [6.45, 7) is 0. The van der Waals surface area contributed by atoms with Crippen molar-refractivity contribution in [3.63, 3.8) is 0 Å². The minimum Gasteiger partial charge on any atom is -0.336 e. The van der Waals surface area contributed by atoms with Crippen LogP contribution >= 0.6 is 11.3 Å². The van der Waals surface area contributed by atoms with E-state index in [9.17, 15) is 8.42 Å². The topological polar surface area (TPSA) is 58.5 Å². The van der Waals surface area contributed by atoms with Crippen molar-refractivity contribution in [3.05, 3.63) is 11.4 Å². The third-order valence-electron chi connectivity index (χ3n) is 1.29. The molecule has 0 spiro atoms. The summed E-state index contributed by atoms with van der Waals surface area (Å²) in [5, 5.41) is 5.10. The molecule has 58 valence electrons. The van der Waals surface area contributed by atoms with Gasteiger partial charge in [0, 0.05) is 0 Å². The number of anilines is 1. The predicted octanol–water partition coefficient (Wildman–Crippen LogP) is 0.891. The molecule has 0 saturated heterocycles. The van der Waals surface area contributed by atoms with Gasteiger partial charge in [-0.1, -0.05) is 0 Å². The molecular formula is C5H4N2O2S2. The lowest BCUT2D eigenvalue weighted by Crippen LogP contribution is -2.08. The van der Waals surface area contributed by atoms with E-state index in [0.717, 1.165) is 0 Å². The fraction of sp³-hybridized carbons (Fsp3) is 0. The normalized spacial score (nSPS) is 18.9. The molecule has 0 aliphatic carbocycles. The number of rotatable bonds is 0. The molecule has 11 heavy (non-hydrogen) atoms. The van der Waals surface area contributed by atoms with E-state index >= 15 is 0 Å². The van der Waals surface area contributed by atoms with Crippen LogP contribution < -0.4 is 5.32 Å². The lowest BCUT2D eigenvalue weighted by atomic mass is 10.6. The molecule has 0 saturated carbocycles. The Bertz CT molecular complexity index is 404. The second-order valence-corrected chi connectivity index (χ2v) is 4.48. The van der Waals surface area contributed by atoms with Gasteiger partial charge in [0.05, 0.1) is 0 Å². The van der Waals surface area contributed by atoms with Crippen LogP contribution in [0.15, 0.2) is 20.7 Å². The summed E-state index contributed by atoms with van der Waals surface area (Å²) in [7, 11) is -3.38. The highest BCUT2D eigenvalue weighted by atomic mass is 32.2. The molecule has 0 unspecified atom stereocenters. The average molecular weight is 188 g/mol. The summed E-state index contributed by atoms with van der Waals surface area (Å²) in [5.74, 6) is 0. The van der Waals surface area contributed by atoms with Crippen LogP contribution in [0.2, 0.25) is 0 Å². The first-order chi connectivity index (χ1) is 5.20. The maximum atomic E-state index is 11.1. The van der Waals surface area contributed by atoms with Crippen molar-refractivity contribution in [2.24, 2.45) is 4.40 Å². The standard InChI is InChI=1S/C5H4N2O2S2/c8-11(9)4-1-2-10-5(4)6-3-7-11/h1-3H,(H,6,7). The molecule has 0 bridgehead atoms. The highest BCUT2D eigenvalue weighted by molar-refractivity contribution is 7.90. The zero-order valence-electron chi connectivity index (χ0n) is 5.31. The number of hydrogen-bond acceptors (Lipinski definition) is 4.